The summed E-state index contributed by atoms with van der Waals surface area (Å²) in [6, 6.07) is 22.4. The SMILES string of the molecule is NC(=O)c1ccc(C2(c3ccc(OCc4ccccn4)cc3)CC3CCC2C3)cc1. The van der Waals surface area contributed by atoms with Gasteiger partial charge in [-0.05, 0) is 78.6 Å². The van der Waals surface area contributed by atoms with Crippen LogP contribution in [0.3, 0.4) is 0 Å². The number of benzene rings is 2. The van der Waals surface area contributed by atoms with E-state index in [1.807, 2.05) is 30.3 Å². The molecule has 0 aliphatic heterocycles. The predicted molar refractivity (Wildman–Crippen MR) is 116 cm³/mol. The third-order valence-electron chi connectivity index (χ3n) is 7.02. The summed E-state index contributed by atoms with van der Waals surface area (Å²) in [6.07, 6.45) is 6.83. The average Bonchev–Trinajstić information content (AvgIpc) is 3.41. The summed E-state index contributed by atoms with van der Waals surface area (Å²) in [6.45, 7) is 0.463. The second-order valence-corrected chi connectivity index (χ2v) is 8.63. The van der Waals surface area contributed by atoms with E-state index >= 15 is 0 Å². The molecule has 2 fully saturated rings. The molecule has 1 aromatic heterocycles. The number of nitrogens with zero attached hydrogens (tertiary/aromatic N) is 1. The highest BCUT2D eigenvalue weighted by Gasteiger charge is 2.52. The Balaban J connectivity index is 1.43. The second-order valence-electron chi connectivity index (χ2n) is 8.63. The van der Waals surface area contributed by atoms with E-state index in [0.29, 0.717) is 18.1 Å². The third-order valence-corrected chi connectivity index (χ3v) is 7.02. The zero-order valence-electron chi connectivity index (χ0n) is 17.0. The lowest BCUT2D eigenvalue weighted by Crippen LogP contribution is -2.34. The number of primary amides is 1. The fourth-order valence-electron chi connectivity index (χ4n) is 5.62. The monoisotopic (exact) mass is 398 g/mol. The second kappa shape index (κ2) is 7.60. The molecule has 0 radical (unpaired) electrons. The van der Waals surface area contributed by atoms with Crippen molar-refractivity contribution >= 4 is 5.91 Å². The molecule has 152 valence electrons. The number of pyridine rings is 1. The minimum Gasteiger partial charge on any atom is -0.487 e. The number of hydrogen-bond donors (Lipinski definition) is 1. The van der Waals surface area contributed by atoms with Crippen LogP contribution in [0.5, 0.6) is 5.75 Å². The van der Waals surface area contributed by atoms with Gasteiger partial charge in [-0.1, -0.05) is 36.8 Å². The molecule has 2 aliphatic rings. The highest BCUT2D eigenvalue weighted by molar-refractivity contribution is 5.92. The summed E-state index contributed by atoms with van der Waals surface area (Å²) in [5.74, 6) is 1.90. The third kappa shape index (κ3) is 3.26. The van der Waals surface area contributed by atoms with E-state index in [9.17, 15) is 4.79 Å². The van der Waals surface area contributed by atoms with E-state index in [2.05, 4.69) is 41.4 Å². The number of ether oxygens (including phenoxy) is 1. The Labute approximate surface area is 177 Å². The molecule has 2 saturated carbocycles. The molecule has 1 amide bonds. The Morgan fingerprint density at radius 1 is 1.00 bits per heavy atom. The Morgan fingerprint density at radius 2 is 1.73 bits per heavy atom. The largest absolute Gasteiger partial charge is 0.487 e. The quantitative estimate of drug-likeness (QED) is 0.644. The van der Waals surface area contributed by atoms with Crippen molar-refractivity contribution in [2.75, 3.05) is 0 Å². The molecule has 3 aromatic rings. The Bertz CT molecular complexity index is 1030. The van der Waals surface area contributed by atoms with E-state index in [1.54, 1.807) is 6.20 Å². The van der Waals surface area contributed by atoms with Gasteiger partial charge in [0.2, 0.25) is 5.91 Å². The van der Waals surface area contributed by atoms with Crippen molar-refractivity contribution in [2.45, 2.75) is 37.7 Å². The van der Waals surface area contributed by atoms with Gasteiger partial charge in [0.25, 0.3) is 0 Å². The van der Waals surface area contributed by atoms with Crippen molar-refractivity contribution in [3.63, 3.8) is 0 Å². The maximum Gasteiger partial charge on any atom is 0.248 e. The summed E-state index contributed by atoms with van der Waals surface area (Å²) in [4.78, 5) is 15.8. The summed E-state index contributed by atoms with van der Waals surface area (Å²) in [5.41, 5.74) is 9.58. The van der Waals surface area contributed by atoms with Gasteiger partial charge in [-0.3, -0.25) is 9.78 Å². The number of carbonyl (C=O) groups excluding carboxylic acids is 1. The number of rotatable bonds is 6. The van der Waals surface area contributed by atoms with Gasteiger partial charge in [0, 0.05) is 17.2 Å². The van der Waals surface area contributed by atoms with Crippen LogP contribution in [0.15, 0.2) is 72.9 Å². The molecular weight excluding hydrogens is 372 g/mol. The highest BCUT2D eigenvalue weighted by atomic mass is 16.5. The van der Waals surface area contributed by atoms with Crippen LogP contribution >= 0.6 is 0 Å². The first-order chi connectivity index (χ1) is 14.6. The molecule has 30 heavy (non-hydrogen) atoms. The number of aromatic nitrogens is 1. The number of carbonyl (C=O) groups is 1. The van der Waals surface area contributed by atoms with Crippen molar-refractivity contribution in [1.82, 2.24) is 4.98 Å². The van der Waals surface area contributed by atoms with Crippen LogP contribution in [-0.4, -0.2) is 10.9 Å². The van der Waals surface area contributed by atoms with E-state index < -0.39 is 0 Å². The van der Waals surface area contributed by atoms with Crippen LogP contribution in [0.1, 0.15) is 52.9 Å². The first-order valence-corrected chi connectivity index (χ1v) is 10.7. The zero-order chi connectivity index (χ0) is 20.6. The lowest BCUT2D eigenvalue weighted by atomic mass is 9.64. The van der Waals surface area contributed by atoms with Gasteiger partial charge in [0.05, 0.1) is 5.69 Å². The topological polar surface area (TPSA) is 65.2 Å². The number of nitrogens with two attached hydrogens (primary N) is 1. The van der Waals surface area contributed by atoms with Crippen molar-refractivity contribution in [1.29, 1.82) is 0 Å². The molecule has 5 rings (SSSR count). The Kier molecular flexibility index (Phi) is 4.78. The van der Waals surface area contributed by atoms with Crippen molar-refractivity contribution in [3.8, 4) is 5.75 Å². The fraction of sp³-hybridized carbons (Fsp3) is 0.308. The smallest absolute Gasteiger partial charge is 0.248 e. The normalized spacial score (nSPS) is 24.7. The maximum absolute atomic E-state index is 11.5. The Hall–Kier alpha value is -3.14. The van der Waals surface area contributed by atoms with Gasteiger partial charge in [-0.25, -0.2) is 0 Å². The molecule has 0 spiro atoms. The van der Waals surface area contributed by atoms with Gasteiger partial charge in [-0.2, -0.15) is 0 Å². The molecule has 0 saturated heterocycles. The summed E-state index contributed by atoms with van der Waals surface area (Å²) in [7, 11) is 0. The molecular formula is C26H26N2O2. The Morgan fingerprint density at radius 3 is 2.30 bits per heavy atom. The molecule has 2 bridgehead atoms. The standard InChI is InChI=1S/C26H26N2O2/c27-25(29)19-5-8-20(9-6-19)26(16-18-4-7-22(26)15-18)21-10-12-24(13-11-21)30-17-23-3-1-2-14-28-23/h1-3,5-6,8-14,18,22H,4,7,15-17H2,(H2,27,29). The summed E-state index contributed by atoms with van der Waals surface area (Å²) >= 11 is 0. The lowest BCUT2D eigenvalue weighted by molar-refractivity contribution is 0.1000. The molecule has 2 N–H and O–H groups in total. The lowest BCUT2D eigenvalue weighted by Gasteiger charge is -2.39. The van der Waals surface area contributed by atoms with Gasteiger partial charge < -0.3 is 10.5 Å². The summed E-state index contributed by atoms with van der Waals surface area (Å²) < 4.78 is 5.94. The molecule has 4 heteroatoms. The fourth-order valence-corrected chi connectivity index (χ4v) is 5.62. The highest BCUT2D eigenvalue weighted by Crippen LogP contribution is 2.60. The average molecular weight is 399 g/mol. The number of hydrogen-bond acceptors (Lipinski definition) is 3. The molecule has 4 nitrogen and oxygen atoms in total. The zero-order valence-corrected chi connectivity index (χ0v) is 17.0. The minimum atomic E-state index is -0.377. The molecule has 1 heterocycles. The van der Waals surface area contributed by atoms with Crippen LogP contribution in [0.2, 0.25) is 0 Å². The van der Waals surface area contributed by atoms with E-state index in [0.717, 1.165) is 17.4 Å². The molecule has 2 aromatic carbocycles. The van der Waals surface area contributed by atoms with Gasteiger partial charge >= 0.3 is 0 Å². The number of amides is 1. The van der Waals surface area contributed by atoms with Crippen LogP contribution < -0.4 is 10.5 Å². The number of fused-ring (bicyclic) bond motifs is 2. The summed E-state index contributed by atoms with van der Waals surface area (Å²) in [5, 5.41) is 0. The maximum atomic E-state index is 11.5. The van der Waals surface area contributed by atoms with Crippen LogP contribution in [0.4, 0.5) is 0 Å². The predicted octanol–water partition coefficient (Wildman–Crippen LogP) is 4.87. The van der Waals surface area contributed by atoms with E-state index in [-0.39, 0.29) is 11.3 Å². The van der Waals surface area contributed by atoms with Crippen molar-refractivity contribution in [2.24, 2.45) is 17.6 Å². The van der Waals surface area contributed by atoms with E-state index in [4.69, 9.17) is 10.5 Å². The first-order valence-electron chi connectivity index (χ1n) is 10.7. The van der Waals surface area contributed by atoms with E-state index in [1.165, 1.54) is 36.8 Å². The van der Waals surface area contributed by atoms with Crippen LogP contribution in [0, 0.1) is 11.8 Å². The van der Waals surface area contributed by atoms with Crippen LogP contribution in [0.25, 0.3) is 0 Å². The van der Waals surface area contributed by atoms with Gasteiger partial charge in [0.15, 0.2) is 0 Å². The van der Waals surface area contributed by atoms with Crippen molar-refractivity contribution < 1.29 is 9.53 Å². The molecule has 2 aliphatic carbocycles. The van der Waals surface area contributed by atoms with Crippen LogP contribution in [-0.2, 0) is 12.0 Å². The van der Waals surface area contributed by atoms with Gasteiger partial charge in [0.1, 0.15) is 12.4 Å². The van der Waals surface area contributed by atoms with Gasteiger partial charge in [-0.15, -0.1) is 0 Å². The molecule has 3 atom stereocenters. The molecule has 3 unspecified atom stereocenters. The van der Waals surface area contributed by atoms with Crippen molar-refractivity contribution in [3.05, 3.63) is 95.3 Å². The first kappa shape index (κ1) is 18.9. The minimum absolute atomic E-state index is 0.0125.